The zero-order valence-corrected chi connectivity index (χ0v) is 15.6. The van der Waals surface area contributed by atoms with Gasteiger partial charge in [-0.1, -0.05) is 12.1 Å². The number of carbonyl (C=O) groups excluding carboxylic acids is 3. The number of urea groups is 1. The van der Waals surface area contributed by atoms with Gasteiger partial charge in [0.05, 0.1) is 12.7 Å². The van der Waals surface area contributed by atoms with Crippen LogP contribution in [0, 0.1) is 0 Å². The van der Waals surface area contributed by atoms with Gasteiger partial charge in [0.15, 0.2) is 0 Å². The zero-order chi connectivity index (χ0) is 18.9. The molecule has 1 fully saturated rings. The Bertz CT molecular complexity index is 915. The largest absolute Gasteiger partial charge is 0.497 e. The highest BCUT2D eigenvalue weighted by Gasteiger charge is 2.43. The van der Waals surface area contributed by atoms with Crippen LogP contribution in [-0.2, 0) is 10.3 Å². The number of imide groups is 1. The van der Waals surface area contributed by atoms with Crippen LogP contribution in [0.25, 0.3) is 0 Å². The molecule has 134 valence electrons. The van der Waals surface area contributed by atoms with E-state index in [2.05, 4.69) is 31.9 Å². The number of methoxy groups -OCH3 is 1. The molecule has 0 bridgehead atoms. The molecule has 1 atom stereocenters. The maximum Gasteiger partial charge on any atom is 0.322 e. The van der Waals surface area contributed by atoms with Crippen LogP contribution >= 0.6 is 15.9 Å². The topological polar surface area (TPSA) is 96.5 Å². The van der Waals surface area contributed by atoms with Crippen molar-refractivity contribution in [2.45, 2.75) is 12.5 Å². The number of hydrogen-bond donors (Lipinski definition) is 3. The van der Waals surface area contributed by atoms with Gasteiger partial charge in [0.2, 0.25) is 0 Å². The number of hydrogen-bond acceptors (Lipinski definition) is 4. The molecule has 1 aliphatic rings. The van der Waals surface area contributed by atoms with E-state index < -0.39 is 17.5 Å². The number of benzene rings is 2. The van der Waals surface area contributed by atoms with Crippen molar-refractivity contribution in [3.05, 3.63) is 58.1 Å². The summed E-state index contributed by atoms with van der Waals surface area (Å²) in [6.45, 7) is 1.60. The minimum absolute atomic E-state index is 0.335. The quantitative estimate of drug-likeness (QED) is 0.666. The number of carbonyl (C=O) groups is 3. The van der Waals surface area contributed by atoms with Gasteiger partial charge in [0, 0.05) is 10.2 Å². The Kier molecular flexibility index (Phi) is 4.69. The van der Waals surface area contributed by atoms with E-state index in [-0.39, 0.29) is 5.91 Å². The lowest BCUT2D eigenvalue weighted by atomic mass is 9.92. The first-order valence-corrected chi connectivity index (χ1v) is 8.52. The zero-order valence-electron chi connectivity index (χ0n) is 14.1. The molecule has 7 nitrogen and oxygen atoms in total. The molecule has 3 N–H and O–H groups in total. The fourth-order valence-corrected chi connectivity index (χ4v) is 3.08. The first kappa shape index (κ1) is 17.9. The van der Waals surface area contributed by atoms with Crippen LogP contribution in [0.2, 0.25) is 0 Å². The molecule has 26 heavy (non-hydrogen) atoms. The SMILES string of the molecule is COc1ccc(Br)c(C(=O)Nc2cccc([C@]3(C)NC(=O)NC3=O)c2)c1. The van der Waals surface area contributed by atoms with Crippen LogP contribution in [0.4, 0.5) is 10.5 Å². The highest BCUT2D eigenvalue weighted by molar-refractivity contribution is 9.10. The van der Waals surface area contributed by atoms with Crippen molar-refractivity contribution in [3.63, 3.8) is 0 Å². The molecule has 3 rings (SSSR count). The van der Waals surface area contributed by atoms with E-state index >= 15 is 0 Å². The van der Waals surface area contributed by atoms with Crippen molar-refractivity contribution in [2.24, 2.45) is 0 Å². The van der Waals surface area contributed by atoms with E-state index in [0.29, 0.717) is 27.0 Å². The van der Waals surface area contributed by atoms with Gasteiger partial charge in [-0.2, -0.15) is 0 Å². The molecule has 2 aromatic carbocycles. The van der Waals surface area contributed by atoms with Crippen LogP contribution in [0.1, 0.15) is 22.8 Å². The van der Waals surface area contributed by atoms with Crippen molar-refractivity contribution in [3.8, 4) is 5.75 Å². The minimum atomic E-state index is -1.19. The highest BCUT2D eigenvalue weighted by atomic mass is 79.9. The Hall–Kier alpha value is -2.87. The van der Waals surface area contributed by atoms with Gasteiger partial charge in [-0.05, 0) is 58.7 Å². The van der Waals surface area contributed by atoms with Crippen molar-refractivity contribution in [2.75, 3.05) is 12.4 Å². The third-order valence-corrected chi connectivity index (χ3v) is 4.85. The van der Waals surface area contributed by atoms with Crippen LogP contribution in [0.15, 0.2) is 46.9 Å². The lowest BCUT2D eigenvalue weighted by Crippen LogP contribution is -2.40. The molecule has 4 amide bonds. The third kappa shape index (κ3) is 3.28. The Balaban J connectivity index is 1.87. The van der Waals surface area contributed by atoms with Crippen LogP contribution in [0.5, 0.6) is 5.75 Å². The fourth-order valence-electron chi connectivity index (χ4n) is 2.66. The summed E-state index contributed by atoms with van der Waals surface area (Å²) >= 11 is 3.35. The van der Waals surface area contributed by atoms with Gasteiger partial charge in [-0.15, -0.1) is 0 Å². The summed E-state index contributed by atoms with van der Waals surface area (Å²) in [7, 11) is 1.52. The average molecular weight is 418 g/mol. The summed E-state index contributed by atoms with van der Waals surface area (Å²) in [5.74, 6) is -0.218. The van der Waals surface area contributed by atoms with Gasteiger partial charge in [0.1, 0.15) is 11.3 Å². The molecule has 0 unspecified atom stereocenters. The fraction of sp³-hybridized carbons (Fsp3) is 0.167. The molecule has 8 heteroatoms. The van der Waals surface area contributed by atoms with Gasteiger partial charge < -0.3 is 15.4 Å². The summed E-state index contributed by atoms with van der Waals surface area (Å²) in [4.78, 5) is 36.1. The molecule has 0 spiro atoms. The summed E-state index contributed by atoms with van der Waals surface area (Å²) in [5.41, 5.74) is 0.280. The molecule has 2 aromatic rings. The average Bonchev–Trinajstić information content (AvgIpc) is 2.88. The summed E-state index contributed by atoms with van der Waals surface area (Å²) in [6, 6.07) is 11.3. The molecule has 0 aromatic heterocycles. The Labute approximate surface area is 158 Å². The van der Waals surface area contributed by atoms with Gasteiger partial charge in [-0.25, -0.2) is 4.79 Å². The maximum atomic E-state index is 12.6. The van der Waals surface area contributed by atoms with Gasteiger partial charge in [0.25, 0.3) is 11.8 Å². The number of amides is 4. The Morgan fingerprint density at radius 1 is 1.19 bits per heavy atom. The van der Waals surface area contributed by atoms with Crippen LogP contribution in [0.3, 0.4) is 0 Å². The first-order valence-electron chi connectivity index (χ1n) is 7.72. The molecule has 0 radical (unpaired) electrons. The maximum absolute atomic E-state index is 12.6. The smallest absolute Gasteiger partial charge is 0.322 e. The van der Waals surface area contributed by atoms with E-state index in [1.165, 1.54) is 7.11 Å². The predicted molar refractivity (Wildman–Crippen MR) is 99.1 cm³/mol. The Morgan fingerprint density at radius 2 is 1.96 bits per heavy atom. The second-order valence-electron chi connectivity index (χ2n) is 5.91. The number of ether oxygens (including phenoxy) is 1. The van der Waals surface area contributed by atoms with Gasteiger partial charge >= 0.3 is 6.03 Å². The molecule has 1 saturated heterocycles. The number of halogens is 1. The molecule has 0 saturated carbocycles. The summed E-state index contributed by atoms with van der Waals surface area (Å²) in [5, 5.41) is 7.60. The van der Waals surface area contributed by atoms with Gasteiger partial charge in [-0.3, -0.25) is 14.9 Å². The highest BCUT2D eigenvalue weighted by Crippen LogP contribution is 2.28. The second-order valence-corrected chi connectivity index (χ2v) is 6.77. The molecule has 1 aliphatic heterocycles. The number of rotatable bonds is 4. The van der Waals surface area contributed by atoms with E-state index in [0.717, 1.165) is 0 Å². The molecular formula is C18H16BrN3O4. The standard InChI is InChI=1S/C18H16BrN3O4/c1-18(16(24)21-17(25)22-18)10-4-3-5-11(8-10)20-15(23)13-9-12(26-2)6-7-14(13)19/h3-9H,1-2H3,(H,20,23)(H2,21,22,24,25)/t18-/m0/s1. The van der Waals surface area contributed by atoms with Crippen molar-refractivity contribution < 1.29 is 19.1 Å². The Morgan fingerprint density at radius 3 is 2.62 bits per heavy atom. The minimum Gasteiger partial charge on any atom is -0.497 e. The number of anilines is 1. The van der Waals surface area contributed by atoms with Crippen LogP contribution in [-0.4, -0.2) is 25.0 Å². The van der Waals surface area contributed by atoms with E-state index in [1.54, 1.807) is 49.4 Å². The normalized spacial score (nSPS) is 18.9. The molecule has 1 heterocycles. The summed E-state index contributed by atoms with van der Waals surface area (Å²) < 4.78 is 5.77. The lowest BCUT2D eigenvalue weighted by Gasteiger charge is -2.21. The number of nitrogens with one attached hydrogen (secondary N) is 3. The second kappa shape index (κ2) is 6.80. The predicted octanol–water partition coefficient (Wildman–Crippen LogP) is 2.76. The molecule has 0 aliphatic carbocycles. The van der Waals surface area contributed by atoms with Crippen molar-refractivity contribution in [1.82, 2.24) is 10.6 Å². The van der Waals surface area contributed by atoms with Crippen molar-refractivity contribution >= 4 is 39.5 Å². The van der Waals surface area contributed by atoms with Crippen LogP contribution < -0.4 is 20.7 Å². The van der Waals surface area contributed by atoms with E-state index in [9.17, 15) is 14.4 Å². The lowest BCUT2D eigenvalue weighted by molar-refractivity contribution is -0.123. The van der Waals surface area contributed by atoms with E-state index in [4.69, 9.17) is 4.74 Å². The third-order valence-electron chi connectivity index (χ3n) is 4.16. The monoisotopic (exact) mass is 417 g/mol. The van der Waals surface area contributed by atoms with E-state index in [1.807, 2.05) is 0 Å². The van der Waals surface area contributed by atoms with Crippen molar-refractivity contribution in [1.29, 1.82) is 0 Å². The molecular weight excluding hydrogens is 402 g/mol. The first-order chi connectivity index (χ1) is 12.3. The summed E-state index contributed by atoms with van der Waals surface area (Å²) in [6.07, 6.45) is 0.